The molecule has 8 heteroatoms. The quantitative estimate of drug-likeness (QED) is 0.421. The normalized spacial score (nSPS) is 10.3. The Bertz CT molecular complexity index is 1210. The Morgan fingerprint density at radius 2 is 1.00 bits per heavy atom. The number of pyridine rings is 2. The highest BCUT2D eigenvalue weighted by atomic mass is 16.5. The summed E-state index contributed by atoms with van der Waals surface area (Å²) in [5, 5.41) is 5.71. The summed E-state index contributed by atoms with van der Waals surface area (Å²) in [7, 11) is 3.08. The number of nitrogens with zero attached hydrogens (tertiary/aromatic N) is 2. The Labute approximate surface area is 196 Å². The molecule has 0 fully saturated rings. The summed E-state index contributed by atoms with van der Waals surface area (Å²) in [5.41, 5.74) is 3.78. The zero-order valence-electron chi connectivity index (χ0n) is 18.6. The van der Waals surface area contributed by atoms with Gasteiger partial charge in [-0.1, -0.05) is 12.1 Å². The van der Waals surface area contributed by atoms with Gasteiger partial charge in [0.15, 0.2) is 0 Å². The first-order chi connectivity index (χ1) is 16.6. The van der Waals surface area contributed by atoms with Gasteiger partial charge in [0, 0.05) is 35.9 Å². The Morgan fingerprint density at radius 1 is 0.618 bits per heavy atom. The maximum atomic E-state index is 12.5. The van der Waals surface area contributed by atoms with Gasteiger partial charge in [0.25, 0.3) is 11.8 Å². The number of nitrogens with one attached hydrogen (secondary N) is 2. The van der Waals surface area contributed by atoms with Gasteiger partial charge in [-0.25, -0.2) is 0 Å². The molecular weight excluding hydrogens is 432 g/mol. The van der Waals surface area contributed by atoms with Gasteiger partial charge in [0.1, 0.15) is 11.5 Å². The third-order valence-electron chi connectivity index (χ3n) is 5.12. The zero-order chi connectivity index (χ0) is 23.9. The molecular formula is C26H22N4O4. The van der Waals surface area contributed by atoms with Crippen molar-refractivity contribution in [2.24, 2.45) is 0 Å². The van der Waals surface area contributed by atoms with Gasteiger partial charge >= 0.3 is 0 Å². The van der Waals surface area contributed by atoms with Crippen molar-refractivity contribution in [2.45, 2.75) is 0 Å². The van der Waals surface area contributed by atoms with E-state index >= 15 is 0 Å². The molecule has 2 aromatic heterocycles. The molecule has 0 aliphatic rings. The van der Waals surface area contributed by atoms with Gasteiger partial charge in [-0.2, -0.15) is 0 Å². The molecule has 0 saturated heterocycles. The van der Waals surface area contributed by atoms with E-state index in [2.05, 4.69) is 20.6 Å². The molecule has 0 bridgehead atoms. The van der Waals surface area contributed by atoms with E-state index in [1.165, 1.54) is 0 Å². The number of anilines is 2. The molecule has 0 spiro atoms. The molecule has 170 valence electrons. The first kappa shape index (κ1) is 22.5. The van der Waals surface area contributed by atoms with E-state index in [4.69, 9.17) is 9.47 Å². The topological polar surface area (TPSA) is 102 Å². The van der Waals surface area contributed by atoms with Crippen molar-refractivity contribution in [1.82, 2.24) is 9.97 Å². The summed E-state index contributed by atoms with van der Waals surface area (Å²) in [6.45, 7) is 0. The number of rotatable bonds is 7. The minimum absolute atomic E-state index is 0.260. The predicted molar refractivity (Wildman–Crippen MR) is 129 cm³/mol. The van der Waals surface area contributed by atoms with Crippen molar-refractivity contribution in [2.75, 3.05) is 24.9 Å². The van der Waals surface area contributed by atoms with Crippen LogP contribution < -0.4 is 20.1 Å². The van der Waals surface area contributed by atoms with Crippen LogP contribution in [0.5, 0.6) is 11.5 Å². The Kier molecular flexibility index (Phi) is 6.78. The second-order valence-electron chi connectivity index (χ2n) is 7.21. The first-order valence-corrected chi connectivity index (χ1v) is 10.4. The largest absolute Gasteiger partial charge is 0.495 e. The molecule has 2 aromatic carbocycles. The number of hydrogen-bond donors (Lipinski definition) is 2. The number of aromatic nitrogens is 2. The van der Waals surface area contributed by atoms with Crippen LogP contribution in [0, 0.1) is 0 Å². The highest BCUT2D eigenvalue weighted by Crippen LogP contribution is 2.35. The standard InChI is InChI=1S/C26H22N4O4/c1-33-23-15-19(3-5-21(23)29-25(31)17-7-11-27-12-8-17)20-4-6-22(24(16-20)34-2)30-26(32)18-9-13-28-14-10-18/h3-16H,1-2H3,(H,29,31)(H,30,32). The Morgan fingerprint density at radius 3 is 1.35 bits per heavy atom. The lowest BCUT2D eigenvalue weighted by atomic mass is 10.0. The number of benzene rings is 2. The summed E-state index contributed by atoms with van der Waals surface area (Å²) < 4.78 is 11.0. The summed E-state index contributed by atoms with van der Waals surface area (Å²) in [6, 6.07) is 17.5. The minimum Gasteiger partial charge on any atom is -0.495 e. The summed E-state index contributed by atoms with van der Waals surface area (Å²) >= 11 is 0. The van der Waals surface area contributed by atoms with Crippen LogP contribution >= 0.6 is 0 Å². The summed E-state index contributed by atoms with van der Waals surface area (Å²) in [4.78, 5) is 32.8. The number of ether oxygens (including phenoxy) is 2. The molecule has 8 nitrogen and oxygen atoms in total. The molecule has 0 aliphatic carbocycles. The number of amides is 2. The second-order valence-corrected chi connectivity index (χ2v) is 7.21. The van der Waals surface area contributed by atoms with Crippen molar-refractivity contribution in [3.8, 4) is 22.6 Å². The highest BCUT2D eigenvalue weighted by molar-refractivity contribution is 6.06. The number of carbonyl (C=O) groups excluding carboxylic acids is 2. The van der Waals surface area contributed by atoms with Gasteiger partial charge in [0.2, 0.25) is 0 Å². The average molecular weight is 454 g/mol. The van der Waals surface area contributed by atoms with Crippen LogP contribution in [0.4, 0.5) is 11.4 Å². The maximum absolute atomic E-state index is 12.5. The van der Waals surface area contributed by atoms with Crippen molar-refractivity contribution in [1.29, 1.82) is 0 Å². The van der Waals surface area contributed by atoms with E-state index in [-0.39, 0.29) is 11.8 Å². The molecule has 0 radical (unpaired) electrons. The smallest absolute Gasteiger partial charge is 0.255 e. The summed E-state index contributed by atoms with van der Waals surface area (Å²) in [5.74, 6) is 0.497. The molecule has 2 heterocycles. The van der Waals surface area contributed by atoms with Gasteiger partial charge in [-0.05, 0) is 59.7 Å². The van der Waals surface area contributed by atoms with Crippen molar-refractivity contribution in [3.05, 3.63) is 96.6 Å². The van der Waals surface area contributed by atoms with Crippen LogP contribution in [-0.4, -0.2) is 36.0 Å². The number of hydrogen-bond acceptors (Lipinski definition) is 6. The first-order valence-electron chi connectivity index (χ1n) is 10.4. The fourth-order valence-electron chi connectivity index (χ4n) is 3.34. The molecule has 0 aliphatic heterocycles. The van der Waals surface area contributed by atoms with Gasteiger partial charge in [-0.15, -0.1) is 0 Å². The molecule has 0 unspecified atom stereocenters. The number of carbonyl (C=O) groups is 2. The molecule has 0 saturated carbocycles. The highest BCUT2D eigenvalue weighted by Gasteiger charge is 2.14. The fourth-order valence-corrected chi connectivity index (χ4v) is 3.34. The van der Waals surface area contributed by atoms with Crippen LogP contribution in [0.1, 0.15) is 20.7 Å². The molecule has 2 N–H and O–H groups in total. The minimum atomic E-state index is -0.260. The Balaban J connectivity index is 1.56. The van der Waals surface area contributed by atoms with Gasteiger partial charge in [0.05, 0.1) is 25.6 Å². The van der Waals surface area contributed by atoms with Crippen LogP contribution in [0.3, 0.4) is 0 Å². The van der Waals surface area contributed by atoms with Gasteiger partial charge < -0.3 is 20.1 Å². The van der Waals surface area contributed by atoms with Crippen LogP contribution in [-0.2, 0) is 0 Å². The lowest BCUT2D eigenvalue weighted by Gasteiger charge is -2.14. The van der Waals surface area contributed by atoms with E-state index in [1.807, 2.05) is 24.3 Å². The van der Waals surface area contributed by atoms with Crippen LogP contribution in [0.25, 0.3) is 11.1 Å². The molecule has 2 amide bonds. The van der Waals surface area contributed by atoms with E-state index < -0.39 is 0 Å². The Hall–Kier alpha value is -4.72. The fraction of sp³-hybridized carbons (Fsp3) is 0.0769. The third kappa shape index (κ3) is 5.02. The van der Waals surface area contributed by atoms with Crippen molar-refractivity contribution in [3.63, 3.8) is 0 Å². The lowest BCUT2D eigenvalue weighted by Crippen LogP contribution is -2.13. The van der Waals surface area contributed by atoms with Crippen LogP contribution in [0.2, 0.25) is 0 Å². The van der Waals surface area contributed by atoms with Crippen LogP contribution in [0.15, 0.2) is 85.5 Å². The predicted octanol–water partition coefficient (Wildman–Crippen LogP) is 4.67. The number of methoxy groups -OCH3 is 2. The molecule has 0 atom stereocenters. The molecule has 4 rings (SSSR count). The average Bonchev–Trinajstić information content (AvgIpc) is 2.90. The summed E-state index contributed by atoms with van der Waals surface area (Å²) in [6.07, 6.45) is 6.25. The van der Waals surface area contributed by atoms with Crippen molar-refractivity contribution >= 4 is 23.2 Å². The molecule has 34 heavy (non-hydrogen) atoms. The monoisotopic (exact) mass is 454 g/mol. The lowest BCUT2D eigenvalue weighted by molar-refractivity contribution is 0.101. The SMILES string of the molecule is COc1cc(-c2ccc(NC(=O)c3ccncc3)c(OC)c2)ccc1NC(=O)c1ccncc1. The van der Waals surface area contributed by atoms with Gasteiger partial charge in [-0.3, -0.25) is 19.6 Å². The third-order valence-corrected chi connectivity index (χ3v) is 5.12. The molecule has 4 aromatic rings. The van der Waals surface area contributed by atoms with E-state index in [9.17, 15) is 9.59 Å². The van der Waals surface area contributed by atoms with E-state index in [1.54, 1.807) is 75.4 Å². The van der Waals surface area contributed by atoms with E-state index in [0.29, 0.717) is 34.0 Å². The van der Waals surface area contributed by atoms with E-state index in [0.717, 1.165) is 11.1 Å². The van der Waals surface area contributed by atoms with Crippen molar-refractivity contribution < 1.29 is 19.1 Å². The maximum Gasteiger partial charge on any atom is 0.255 e. The zero-order valence-corrected chi connectivity index (χ0v) is 18.6. The second kappa shape index (κ2) is 10.3.